The molecule has 4 rings (SSSR count). The molecule has 0 bridgehead atoms. The molecule has 0 atom stereocenters. The molecule has 1 fully saturated rings. The average molecular weight is 436 g/mol. The molecule has 31 heavy (non-hydrogen) atoms. The Hall–Kier alpha value is -3.12. The summed E-state index contributed by atoms with van der Waals surface area (Å²) in [4.78, 5) is 12.8. The number of amides is 1. The Kier molecular flexibility index (Phi) is 6.37. The van der Waals surface area contributed by atoms with Gasteiger partial charge in [-0.05, 0) is 54.8 Å². The van der Waals surface area contributed by atoms with E-state index in [1.165, 1.54) is 31.0 Å². The summed E-state index contributed by atoms with van der Waals surface area (Å²) in [6, 6.07) is 12.2. The minimum Gasteiger partial charge on any atom is -0.327 e. The summed E-state index contributed by atoms with van der Waals surface area (Å²) < 4.78 is 3.78. The van der Waals surface area contributed by atoms with E-state index in [0.29, 0.717) is 22.6 Å². The monoisotopic (exact) mass is 435 g/mol. The van der Waals surface area contributed by atoms with Crippen molar-refractivity contribution in [3.05, 3.63) is 47.2 Å². The lowest BCUT2D eigenvalue weighted by Gasteiger charge is -2.27. The number of hydrogen-bond donors (Lipinski definition) is 1. The maximum atomic E-state index is 12.8. The Labute approximate surface area is 185 Å². The number of para-hydroxylation sites is 1. The summed E-state index contributed by atoms with van der Waals surface area (Å²) in [5.41, 5.74) is 3.37. The van der Waals surface area contributed by atoms with E-state index < -0.39 is 0 Å². The Morgan fingerprint density at radius 2 is 1.97 bits per heavy atom. The summed E-state index contributed by atoms with van der Waals surface area (Å²) in [5, 5.41) is 25.1. The molecule has 8 nitrogen and oxygen atoms in total. The van der Waals surface area contributed by atoms with E-state index >= 15 is 0 Å². The van der Waals surface area contributed by atoms with Crippen LogP contribution in [0.5, 0.6) is 0 Å². The summed E-state index contributed by atoms with van der Waals surface area (Å²) in [6.45, 7) is 3.98. The van der Waals surface area contributed by atoms with Crippen LogP contribution in [-0.2, 0) is 4.79 Å². The van der Waals surface area contributed by atoms with Crippen LogP contribution >= 0.6 is 11.8 Å². The zero-order valence-corrected chi connectivity index (χ0v) is 18.5. The molecule has 1 N–H and O–H groups in total. The van der Waals surface area contributed by atoms with Crippen LogP contribution < -0.4 is 5.32 Å². The smallest absolute Gasteiger partial charge is 0.235 e. The fourth-order valence-electron chi connectivity index (χ4n) is 4.18. The lowest BCUT2D eigenvalue weighted by Crippen LogP contribution is -2.22. The molecular weight excluding hydrogens is 410 g/mol. The van der Waals surface area contributed by atoms with E-state index in [0.717, 1.165) is 29.8 Å². The maximum absolute atomic E-state index is 12.8. The van der Waals surface area contributed by atoms with E-state index in [4.69, 9.17) is 0 Å². The summed E-state index contributed by atoms with van der Waals surface area (Å²) in [7, 11) is 0. The number of carbonyl (C=O) groups excluding carboxylic acids is 1. The minimum absolute atomic E-state index is 0.145. The number of carbonyl (C=O) groups is 1. The van der Waals surface area contributed by atoms with Crippen LogP contribution in [0.2, 0.25) is 0 Å². The van der Waals surface area contributed by atoms with Crippen LogP contribution in [0.3, 0.4) is 0 Å². The molecule has 0 unspecified atom stereocenters. The summed E-state index contributed by atoms with van der Waals surface area (Å²) >= 11 is 1.26. The van der Waals surface area contributed by atoms with Crippen molar-refractivity contribution in [3.8, 4) is 11.8 Å². The molecule has 2 heterocycles. The first-order valence-corrected chi connectivity index (χ1v) is 11.5. The molecule has 1 saturated carbocycles. The quantitative estimate of drug-likeness (QED) is 0.583. The zero-order chi connectivity index (χ0) is 21.8. The highest BCUT2D eigenvalue weighted by molar-refractivity contribution is 7.99. The van der Waals surface area contributed by atoms with E-state index in [1.54, 1.807) is 4.68 Å². The zero-order valence-electron chi connectivity index (χ0n) is 17.7. The normalized spacial score (nSPS) is 14.4. The lowest BCUT2D eigenvalue weighted by atomic mass is 9.95. The van der Waals surface area contributed by atoms with E-state index in [1.807, 2.05) is 44.2 Å². The highest BCUT2D eigenvalue weighted by Crippen LogP contribution is 2.36. The van der Waals surface area contributed by atoms with Gasteiger partial charge in [0, 0.05) is 11.7 Å². The molecule has 0 spiro atoms. The van der Waals surface area contributed by atoms with Crippen LogP contribution in [0.1, 0.15) is 55.0 Å². The van der Waals surface area contributed by atoms with Gasteiger partial charge in [-0.15, -0.1) is 5.10 Å². The predicted molar refractivity (Wildman–Crippen MR) is 119 cm³/mol. The van der Waals surface area contributed by atoms with Gasteiger partial charge in [-0.2, -0.15) is 9.94 Å². The number of nitrogens with zero attached hydrogens (tertiary/aromatic N) is 6. The SMILES string of the molecule is Cc1c(C#N)c(NC(=O)CSc2nnnn2-c2ccccc2)n(C2CCCCC2)c1C. The largest absolute Gasteiger partial charge is 0.327 e. The number of nitriles is 1. The molecule has 1 aliphatic carbocycles. The number of thioether (sulfide) groups is 1. The predicted octanol–water partition coefficient (Wildman–Crippen LogP) is 4.19. The van der Waals surface area contributed by atoms with Crippen molar-refractivity contribution in [1.29, 1.82) is 5.26 Å². The lowest BCUT2D eigenvalue weighted by molar-refractivity contribution is -0.113. The molecule has 1 aliphatic rings. The molecule has 9 heteroatoms. The minimum atomic E-state index is -0.182. The van der Waals surface area contributed by atoms with Crippen molar-refractivity contribution in [3.63, 3.8) is 0 Å². The van der Waals surface area contributed by atoms with Gasteiger partial charge >= 0.3 is 0 Å². The number of rotatable bonds is 6. The van der Waals surface area contributed by atoms with Crippen LogP contribution in [0, 0.1) is 25.2 Å². The van der Waals surface area contributed by atoms with Crippen LogP contribution in [0.25, 0.3) is 5.69 Å². The Balaban J connectivity index is 1.52. The Morgan fingerprint density at radius 3 is 2.68 bits per heavy atom. The molecule has 0 radical (unpaired) electrons. The molecule has 2 aromatic heterocycles. The van der Waals surface area contributed by atoms with Crippen molar-refractivity contribution in [2.75, 3.05) is 11.1 Å². The first-order chi connectivity index (χ1) is 15.1. The third-order valence-electron chi connectivity index (χ3n) is 5.84. The second-order valence-corrected chi connectivity index (χ2v) is 8.70. The fourth-order valence-corrected chi connectivity index (χ4v) is 4.87. The molecule has 3 aromatic rings. The second-order valence-electron chi connectivity index (χ2n) is 7.75. The first kappa shape index (κ1) is 21.1. The van der Waals surface area contributed by atoms with Crippen LogP contribution in [0.4, 0.5) is 5.82 Å². The van der Waals surface area contributed by atoms with E-state index in [2.05, 4.69) is 31.5 Å². The van der Waals surface area contributed by atoms with Gasteiger partial charge in [0.25, 0.3) is 0 Å². The van der Waals surface area contributed by atoms with E-state index in [-0.39, 0.29) is 11.7 Å². The highest BCUT2D eigenvalue weighted by Gasteiger charge is 2.26. The second kappa shape index (κ2) is 9.35. The van der Waals surface area contributed by atoms with Gasteiger partial charge in [0.15, 0.2) is 0 Å². The summed E-state index contributed by atoms with van der Waals surface area (Å²) in [6.07, 6.45) is 5.74. The van der Waals surface area contributed by atoms with Gasteiger partial charge in [0.05, 0.1) is 17.0 Å². The van der Waals surface area contributed by atoms with Crippen LogP contribution in [0.15, 0.2) is 35.5 Å². The number of hydrogen-bond acceptors (Lipinski definition) is 6. The van der Waals surface area contributed by atoms with Crippen molar-refractivity contribution < 1.29 is 4.79 Å². The van der Waals surface area contributed by atoms with Crippen molar-refractivity contribution in [2.24, 2.45) is 0 Å². The molecule has 1 aromatic carbocycles. The molecule has 0 aliphatic heterocycles. The van der Waals surface area contributed by atoms with Crippen molar-refractivity contribution in [2.45, 2.75) is 57.1 Å². The molecule has 1 amide bonds. The van der Waals surface area contributed by atoms with Gasteiger partial charge in [0.1, 0.15) is 11.9 Å². The highest BCUT2D eigenvalue weighted by atomic mass is 32.2. The van der Waals surface area contributed by atoms with Gasteiger partial charge in [-0.1, -0.05) is 49.2 Å². The molecular formula is C22H25N7OS. The van der Waals surface area contributed by atoms with Crippen LogP contribution in [-0.4, -0.2) is 36.4 Å². The fraction of sp³-hybridized carbons (Fsp3) is 0.409. The first-order valence-electron chi connectivity index (χ1n) is 10.5. The third-order valence-corrected chi connectivity index (χ3v) is 6.76. The van der Waals surface area contributed by atoms with Gasteiger partial charge < -0.3 is 9.88 Å². The number of benzene rings is 1. The number of nitrogens with one attached hydrogen (secondary N) is 1. The summed E-state index contributed by atoms with van der Waals surface area (Å²) in [5.74, 6) is 0.586. The third kappa shape index (κ3) is 4.35. The Bertz CT molecular complexity index is 1110. The number of aromatic nitrogens is 5. The number of anilines is 1. The van der Waals surface area contributed by atoms with Gasteiger partial charge in [-0.3, -0.25) is 4.79 Å². The standard InChI is InChI=1S/C22H25N7OS/c1-15-16(2)28(17-9-5-3-6-10-17)21(19(15)13-23)24-20(30)14-31-22-25-26-27-29(22)18-11-7-4-8-12-18/h4,7-8,11-12,17H,3,5-6,9-10,14H2,1-2H3,(H,24,30). The van der Waals surface area contributed by atoms with Gasteiger partial charge in [-0.25, -0.2) is 0 Å². The maximum Gasteiger partial charge on any atom is 0.235 e. The molecule has 0 saturated heterocycles. The van der Waals surface area contributed by atoms with Gasteiger partial charge in [0.2, 0.25) is 11.1 Å². The number of tetrazole rings is 1. The van der Waals surface area contributed by atoms with Crippen molar-refractivity contribution in [1.82, 2.24) is 24.8 Å². The van der Waals surface area contributed by atoms with Crippen molar-refractivity contribution >= 4 is 23.5 Å². The Morgan fingerprint density at radius 1 is 1.23 bits per heavy atom. The molecule has 160 valence electrons. The van der Waals surface area contributed by atoms with E-state index in [9.17, 15) is 10.1 Å². The topological polar surface area (TPSA) is 101 Å². The average Bonchev–Trinajstić information content (AvgIpc) is 3.36.